The van der Waals surface area contributed by atoms with E-state index in [1.807, 2.05) is 33.8 Å². The number of nitrogens with two attached hydrogens (primary N) is 1. The van der Waals surface area contributed by atoms with Gasteiger partial charge in [0.1, 0.15) is 23.7 Å². The lowest BCUT2D eigenvalue weighted by molar-refractivity contribution is -0.135. The zero-order valence-corrected chi connectivity index (χ0v) is 28.5. The molecule has 4 heterocycles. The highest BCUT2D eigenvalue weighted by Crippen LogP contribution is 2.43. The molecular weight excluding hydrogens is 628 g/mol. The van der Waals surface area contributed by atoms with Gasteiger partial charge < -0.3 is 30.2 Å². The Balaban J connectivity index is 1.31. The molecule has 0 saturated heterocycles. The van der Waals surface area contributed by atoms with E-state index in [9.17, 15) is 29.1 Å². The summed E-state index contributed by atoms with van der Waals surface area (Å²) in [4.78, 5) is 67.9. The fourth-order valence-corrected chi connectivity index (χ4v) is 6.80. The van der Waals surface area contributed by atoms with Crippen LogP contribution in [0.5, 0.6) is 5.75 Å². The van der Waals surface area contributed by atoms with Gasteiger partial charge in [0, 0.05) is 35.8 Å². The topological polar surface area (TPSA) is 180 Å². The molecule has 2 aliphatic rings. The van der Waals surface area contributed by atoms with Gasteiger partial charge in [-0.15, -0.1) is 0 Å². The minimum absolute atomic E-state index is 0.0405. The van der Waals surface area contributed by atoms with Gasteiger partial charge in [-0.2, -0.15) is 0 Å². The summed E-state index contributed by atoms with van der Waals surface area (Å²) in [6.45, 7) is 11.7. The second-order valence-corrected chi connectivity index (χ2v) is 13.0. The number of amides is 2. The SMILES string of the molecule is C=C1OCc2c(cc3n(c2=O)Cc2c-3nc3ccc(OC(=O)CC[C@H](C)CC(=O)[C@@H](CC(N)=O)NC(=O)CCC)cc3c2CC)[C@@]1(O)CC. The number of nitrogens with one attached hydrogen (secondary N) is 1. The molecule has 12 heteroatoms. The highest BCUT2D eigenvalue weighted by atomic mass is 16.5. The van der Waals surface area contributed by atoms with Gasteiger partial charge in [0.05, 0.1) is 41.5 Å². The first-order chi connectivity index (χ1) is 23.3. The smallest absolute Gasteiger partial charge is 0.311 e. The van der Waals surface area contributed by atoms with Crippen LogP contribution in [-0.2, 0) is 49.1 Å². The van der Waals surface area contributed by atoms with Gasteiger partial charge in [0.2, 0.25) is 11.8 Å². The van der Waals surface area contributed by atoms with Crippen LogP contribution < -0.4 is 21.3 Å². The monoisotopic (exact) mass is 672 g/mol. The molecule has 2 aliphatic heterocycles. The number of benzene rings is 1. The summed E-state index contributed by atoms with van der Waals surface area (Å²) in [5.41, 5.74) is 8.37. The van der Waals surface area contributed by atoms with Crippen LogP contribution in [-0.4, -0.2) is 44.3 Å². The molecule has 2 aromatic heterocycles. The number of aromatic nitrogens is 2. The number of fused-ring (bicyclic) bond motifs is 5. The summed E-state index contributed by atoms with van der Waals surface area (Å²) in [7, 11) is 0. The number of pyridine rings is 2. The standard InChI is InChI=1S/C37H44N4O8/c1-6-9-33(44)39-29(17-32(38)43)31(42)14-20(4)10-13-34(45)49-22-11-12-28-24(15-22)23(7-2)25-18-41-30(35(25)40-28)16-27-26(36(41)46)19-48-21(5)37(27,47)8-3/h11-12,15-16,20,29,47H,5-10,13-14,17-19H2,1-4H3,(H2,38,43)(H,39,44)/t20-,29+,37+/m0/s1. The Kier molecular flexibility index (Phi) is 10.4. The van der Waals surface area contributed by atoms with Gasteiger partial charge in [-0.1, -0.05) is 34.3 Å². The lowest BCUT2D eigenvalue weighted by Crippen LogP contribution is -2.43. The van der Waals surface area contributed by atoms with Crippen LogP contribution in [0.3, 0.4) is 0 Å². The molecule has 0 saturated carbocycles. The molecule has 0 fully saturated rings. The number of primary amides is 1. The Hall–Kier alpha value is -4.84. The molecule has 0 aliphatic carbocycles. The maximum Gasteiger partial charge on any atom is 0.311 e. The fourth-order valence-electron chi connectivity index (χ4n) is 6.80. The highest BCUT2D eigenvalue weighted by Gasteiger charge is 2.41. The Morgan fingerprint density at radius 1 is 1.14 bits per heavy atom. The Morgan fingerprint density at radius 2 is 1.90 bits per heavy atom. The number of rotatable bonds is 14. The average Bonchev–Trinajstić information content (AvgIpc) is 3.42. The van der Waals surface area contributed by atoms with Gasteiger partial charge in [-0.05, 0) is 61.4 Å². The zero-order chi connectivity index (χ0) is 35.6. The van der Waals surface area contributed by atoms with Crippen molar-refractivity contribution in [3.8, 4) is 17.1 Å². The molecular formula is C37H44N4O8. The summed E-state index contributed by atoms with van der Waals surface area (Å²) >= 11 is 0. The molecule has 2 amide bonds. The van der Waals surface area contributed by atoms with Crippen molar-refractivity contribution in [1.82, 2.24) is 14.9 Å². The molecule has 3 aromatic rings. The van der Waals surface area contributed by atoms with Gasteiger partial charge in [-0.3, -0.25) is 24.0 Å². The predicted molar refractivity (Wildman–Crippen MR) is 182 cm³/mol. The van der Waals surface area contributed by atoms with E-state index >= 15 is 0 Å². The number of ketones is 1. The number of carbonyl (C=O) groups is 4. The number of carbonyl (C=O) groups excluding carboxylic acids is 4. The molecule has 3 atom stereocenters. The van der Waals surface area contributed by atoms with Crippen molar-refractivity contribution in [3.63, 3.8) is 0 Å². The maximum atomic E-state index is 13.7. The minimum atomic E-state index is -1.47. The lowest BCUT2D eigenvalue weighted by atomic mass is 9.84. The Labute approximate surface area is 284 Å². The summed E-state index contributed by atoms with van der Waals surface area (Å²) in [5, 5.41) is 14.8. The molecule has 5 rings (SSSR count). The summed E-state index contributed by atoms with van der Waals surface area (Å²) < 4.78 is 13.0. The second-order valence-electron chi connectivity index (χ2n) is 13.0. The molecule has 4 N–H and O–H groups in total. The van der Waals surface area contributed by atoms with Crippen LogP contribution in [0.15, 0.2) is 41.4 Å². The molecule has 0 unspecified atom stereocenters. The first-order valence-electron chi connectivity index (χ1n) is 16.9. The molecule has 49 heavy (non-hydrogen) atoms. The number of hydrogen-bond donors (Lipinski definition) is 3. The summed E-state index contributed by atoms with van der Waals surface area (Å²) in [6.07, 6.45) is 1.99. The number of Topliss-reactive ketones (excluding diaryl/α,β-unsaturated/α-hetero) is 1. The van der Waals surface area contributed by atoms with E-state index < -0.39 is 23.5 Å². The second kappa shape index (κ2) is 14.3. The van der Waals surface area contributed by atoms with Crippen LogP contribution in [0.4, 0.5) is 0 Å². The maximum absolute atomic E-state index is 13.7. The van der Waals surface area contributed by atoms with E-state index in [1.54, 1.807) is 22.8 Å². The fraction of sp³-hybridized carbons (Fsp3) is 0.459. The van der Waals surface area contributed by atoms with E-state index in [2.05, 4.69) is 11.9 Å². The van der Waals surface area contributed by atoms with E-state index in [-0.39, 0.29) is 61.2 Å². The Morgan fingerprint density at radius 3 is 2.57 bits per heavy atom. The van der Waals surface area contributed by atoms with Crippen LogP contribution in [0, 0.1) is 5.92 Å². The molecule has 12 nitrogen and oxygen atoms in total. The zero-order valence-electron chi connectivity index (χ0n) is 28.5. The number of nitrogens with zero attached hydrogens (tertiary/aromatic N) is 2. The number of esters is 1. The molecule has 260 valence electrons. The van der Waals surface area contributed by atoms with Crippen molar-refractivity contribution >= 4 is 34.5 Å². The molecule has 0 radical (unpaired) electrons. The van der Waals surface area contributed by atoms with Crippen molar-refractivity contribution < 1.29 is 33.8 Å². The van der Waals surface area contributed by atoms with Gasteiger partial charge >= 0.3 is 5.97 Å². The summed E-state index contributed by atoms with van der Waals surface area (Å²) in [5.74, 6) is -1.41. The van der Waals surface area contributed by atoms with Gasteiger partial charge in [0.25, 0.3) is 5.56 Å². The average molecular weight is 673 g/mol. The van der Waals surface area contributed by atoms with E-state index in [4.69, 9.17) is 20.2 Å². The lowest BCUT2D eigenvalue weighted by Gasteiger charge is -2.35. The third-order valence-corrected chi connectivity index (χ3v) is 9.53. The Bertz CT molecular complexity index is 1910. The van der Waals surface area contributed by atoms with Gasteiger partial charge in [-0.25, -0.2) is 4.98 Å². The highest BCUT2D eigenvalue weighted by molar-refractivity contribution is 5.93. The van der Waals surface area contributed by atoms with Crippen molar-refractivity contribution in [1.29, 1.82) is 0 Å². The predicted octanol–water partition coefficient (Wildman–Crippen LogP) is 4.07. The van der Waals surface area contributed by atoms with Crippen molar-refractivity contribution in [2.75, 3.05) is 0 Å². The van der Waals surface area contributed by atoms with Gasteiger partial charge in [0.15, 0.2) is 5.78 Å². The number of ether oxygens (including phenoxy) is 2. The van der Waals surface area contributed by atoms with E-state index in [1.165, 1.54) is 0 Å². The normalized spacial score (nSPS) is 17.4. The molecule has 0 bridgehead atoms. The van der Waals surface area contributed by atoms with Crippen molar-refractivity contribution in [3.05, 3.63) is 69.2 Å². The van der Waals surface area contributed by atoms with Crippen LogP contribution in [0.25, 0.3) is 22.3 Å². The minimum Gasteiger partial charge on any atom is -0.490 e. The van der Waals surface area contributed by atoms with Crippen LogP contribution >= 0.6 is 0 Å². The molecule has 0 spiro atoms. The summed E-state index contributed by atoms with van der Waals surface area (Å²) in [6, 6.07) is 6.08. The largest absolute Gasteiger partial charge is 0.490 e. The van der Waals surface area contributed by atoms with E-state index in [0.29, 0.717) is 66.0 Å². The number of aryl methyl sites for hydroxylation is 1. The van der Waals surface area contributed by atoms with Crippen LogP contribution in [0.2, 0.25) is 0 Å². The first kappa shape index (κ1) is 35.5. The number of aliphatic hydroxyl groups is 1. The first-order valence-corrected chi connectivity index (χ1v) is 16.9. The van der Waals surface area contributed by atoms with Crippen LogP contribution in [0.1, 0.15) is 94.9 Å². The third kappa shape index (κ3) is 7.01. The van der Waals surface area contributed by atoms with Crippen molar-refractivity contribution in [2.45, 2.75) is 104 Å². The molecule has 1 aromatic carbocycles. The number of hydrogen-bond acceptors (Lipinski definition) is 9. The quantitative estimate of drug-likeness (QED) is 0.131. The third-order valence-electron chi connectivity index (χ3n) is 9.53. The van der Waals surface area contributed by atoms with Crippen molar-refractivity contribution in [2.24, 2.45) is 11.7 Å². The van der Waals surface area contributed by atoms with E-state index in [0.717, 1.165) is 16.5 Å².